The zero-order chi connectivity index (χ0) is 24.0. The number of amides is 1. The number of nitrogens with one attached hydrogen (secondary N) is 2. The van der Waals surface area contributed by atoms with E-state index < -0.39 is 10.0 Å². The van der Waals surface area contributed by atoms with Gasteiger partial charge in [-0.3, -0.25) is 9.69 Å². The van der Waals surface area contributed by atoms with Crippen molar-refractivity contribution in [1.82, 2.24) is 14.9 Å². The van der Waals surface area contributed by atoms with Crippen LogP contribution in [-0.4, -0.2) is 52.0 Å². The van der Waals surface area contributed by atoms with Crippen molar-refractivity contribution in [2.24, 2.45) is 0 Å². The molecule has 1 aliphatic heterocycles. The van der Waals surface area contributed by atoms with E-state index in [0.29, 0.717) is 12.1 Å². The molecular weight excluding hydrogens is 445 g/mol. The van der Waals surface area contributed by atoms with Crippen molar-refractivity contribution in [3.05, 3.63) is 58.9 Å². The fourth-order valence-electron chi connectivity index (χ4n) is 3.98. The molecule has 0 atom stereocenters. The van der Waals surface area contributed by atoms with Gasteiger partial charge in [0.25, 0.3) is 0 Å². The van der Waals surface area contributed by atoms with Gasteiger partial charge in [-0.2, -0.15) is 0 Å². The van der Waals surface area contributed by atoms with E-state index in [0.717, 1.165) is 37.1 Å². The van der Waals surface area contributed by atoms with Gasteiger partial charge in [-0.15, -0.1) is 0 Å². The first-order valence-electron chi connectivity index (χ1n) is 11.1. The van der Waals surface area contributed by atoms with Crippen molar-refractivity contribution in [3.8, 4) is 5.75 Å². The van der Waals surface area contributed by atoms with Crippen LogP contribution in [0.4, 0.5) is 4.39 Å². The Morgan fingerprint density at radius 1 is 1.15 bits per heavy atom. The number of hydrogen-bond donors (Lipinski definition) is 2. The summed E-state index contributed by atoms with van der Waals surface area (Å²) in [4.78, 5) is 14.8. The molecule has 1 saturated heterocycles. The van der Waals surface area contributed by atoms with Gasteiger partial charge in [0.05, 0.1) is 12.0 Å². The Morgan fingerprint density at radius 2 is 1.88 bits per heavy atom. The summed E-state index contributed by atoms with van der Waals surface area (Å²) in [5, 5.41) is 3.00. The topological polar surface area (TPSA) is 87.7 Å². The highest BCUT2D eigenvalue weighted by Crippen LogP contribution is 2.20. The van der Waals surface area contributed by atoms with Gasteiger partial charge in [0.1, 0.15) is 0 Å². The predicted molar refractivity (Wildman–Crippen MR) is 125 cm³/mol. The van der Waals surface area contributed by atoms with Crippen LogP contribution in [0.3, 0.4) is 0 Å². The molecule has 2 aromatic carbocycles. The normalized spacial score (nSPS) is 15.4. The largest absolute Gasteiger partial charge is 0.494 e. The molecule has 2 aromatic rings. The second-order valence-corrected chi connectivity index (χ2v) is 10.2. The standard InChI is InChI=1S/C24H32FN3O4S/c1-17-4-5-18(2)23(14-17)33(30,31)26-11-8-24(29)27-20-9-12-28(13-10-20)16-19-6-7-22(32-3)21(25)15-19/h4-7,14-15,20,26H,8-13,16H2,1-3H3,(H,27,29). The molecule has 1 fully saturated rings. The lowest BCUT2D eigenvalue weighted by atomic mass is 10.0. The van der Waals surface area contributed by atoms with Gasteiger partial charge in [0.15, 0.2) is 11.6 Å². The first kappa shape index (κ1) is 25.1. The summed E-state index contributed by atoms with van der Waals surface area (Å²) < 4.78 is 46.4. The minimum absolute atomic E-state index is 0.0451. The van der Waals surface area contributed by atoms with E-state index in [1.54, 1.807) is 25.1 Å². The average Bonchev–Trinajstić information content (AvgIpc) is 2.77. The van der Waals surface area contributed by atoms with Crippen LogP contribution in [0.15, 0.2) is 41.3 Å². The molecule has 0 aliphatic carbocycles. The first-order chi connectivity index (χ1) is 15.7. The third-order valence-corrected chi connectivity index (χ3v) is 7.46. The molecule has 3 rings (SSSR count). The number of ether oxygens (including phenoxy) is 1. The van der Waals surface area contributed by atoms with Gasteiger partial charge in [-0.05, 0) is 61.6 Å². The van der Waals surface area contributed by atoms with Crippen molar-refractivity contribution in [2.45, 2.75) is 50.6 Å². The second kappa shape index (κ2) is 11.1. The number of rotatable bonds is 9. The number of likely N-dealkylation sites (tertiary alicyclic amines) is 1. The molecule has 0 aromatic heterocycles. The Kier molecular flexibility index (Phi) is 8.45. The zero-order valence-corrected chi connectivity index (χ0v) is 20.2. The highest BCUT2D eigenvalue weighted by atomic mass is 32.2. The highest BCUT2D eigenvalue weighted by Gasteiger charge is 2.22. The maximum atomic E-state index is 13.9. The van der Waals surface area contributed by atoms with Crippen molar-refractivity contribution in [1.29, 1.82) is 0 Å². The number of carbonyl (C=O) groups excluding carboxylic acids is 1. The van der Waals surface area contributed by atoms with E-state index in [4.69, 9.17) is 4.74 Å². The number of benzene rings is 2. The van der Waals surface area contributed by atoms with E-state index in [1.165, 1.54) is 13.2 Å². The molecule has 0 saturated carbocycles. The molecule has 7 nitrogen and oxygen atoms in total. The number of piperidine rings is 1. The van der Waals surface area contributed by atoms with Gasteiger partial charge in [0, 0.05) is 38.6 Å². The fraction of sp³-hybridized carbons (Fsp3) is 0.458. The summed E-state index contributed by atoms with van der Waals surface area (Å²) in [6.07, 6.45) is 1.66. The molecular formula is C24H32FN3O4S. The molecule has 33 heavy (non-hydrogen) atoms. The minimum Gasteiger partial charge on any atom is -0.494 e. The molecule has 2 N–H and O–H groups in total. The van der Waals surface area contributed by atoms with E-state index in [1.807, 2.05) is 19.1 Å². The molecule has 180 valence electrons. The van der Waals surface area contributed by atoms with E-state index >= 15 is 0 Å². The van der Waals surface area contributed by atoms with Gasteiger partial charge in [-0.25, -0.2) is 17.5 Å². The van der Waals surface area contributed by atoms with Crippen LogP contribution >= 0.6 is 0 Å². The maximum absolute atomic E-state index is 13.9. The second-order valence-electron chi connectivity index (χ2n) is 8.50. The summed E-state index contributed by atoms with van der Waals surface area (Å²) in [6, 6.07) is 10.3. The lowest BCUT2D eigenvalue weighted by Gasteiger charge is -2.32. The molecule has 0 radical (unpaired) electrons. The SMILES string of the molecule is COc1ccc(CN2CCC(NC(=O)CCNS(=O)(=O)c3cc(C)ccc3C)CC2)cc1F. The Bertz CT molecular complexity index is 1080. The number of nitrogens with zero attached hydrogens (tertiary/aromatic N) is 1. The van der Waals surface area contributed by atoms with Gasteiger partial charge in [0.2, 0.25) is 15.9 Å². The first-order valence-corrected chi connectivity index (χ1v) is 12.6. The van der Waals surface area contributed by atoms with E-state index in [2.05, 4.69) is 14.9 Å². The smallest absolute Gasteiger partial charge is 0.240 e. The fourth-order valence-corrected chi connectivity index (χ4v) is 5.33. The predicted octanol–water partition coefficient (Wildman–Crippen LogP) is 2.90. The third kappa shape index (κ3) is 6.99. The molecule has 9 heteroatoms. The molecule has 0 unspecified atom stereocenters. The van der Waals surface area contributed by atoms with Crippen molar-refractivity contribution < 1.29 is 22.3 Å². The number of carbonyl (C=O) groups is 1. The Morgan fingerprint density at radius 3 is 2.55 bits per heavy atom. The summed E-state index contributed by atoms with van der Waals surface area (Å²) in [7, 11) is -2.22. The average molecular weight is 478 g/mol. The van der Waals surface area contributed by atoms with Crippen LogP contribution in [0.5, 0.6) is 5.75 Å². The zero-order valence-electron chi connectivity index (χ0n) is 19.4. The lowest BCUT2D eigenvalue weighted by Crippen LogP contribution is -2.45. The summed E-state index contributed by atoms with van der Waals surface area (Å²) >= 11 is 0. The number of sulfonamides is 1. The number of hydrogen-bond acceptors (Lipinski definition) is 5. The number of methoxy groups -OCH3 is 1. The Hall–Kier alpha value is -2.49. The van der Waals surface area contributed by atoms with E-state index in [9.17, 15) is 17.6 Å². The van der Waals surface area contributed by atoms with Crippen LogP contribution in [0.1, 0.15) is 36.0 Å². The molecule has 0 bridgehead atoms. The van der Waals surface area contributed by atoms with Crippen molar-refractivity contribution in [3.63, 3.8) is 0 Å². The van der Waals surface area contributed by atoms with Gasteiger partial charge < -0.3 is 10.1 Å². The maximum Gasteiger partial charge on any atom is 0.240 e. The summed E-state index contributed by atoms with van der Waals surface area (Å²) in [6.45, 7) is 5.85. The summed E-state index contributed by atoms with van der Waals surface area (Å²) in [5.74, 6) is -0.309. The van der Waals surface area contributed by atoms with Crippen molar-refractivity contribution in [2.75, 3.05) is 26.7 Å². The molecule has 1 amide bonds. The summed E-state index contributed by atoms with van der Waals surface area (Å²) in [5.41, 5.74) is 2.41. The molecule has 1 aliphatic rings. The number of aryl methyl sites for hydroxylation is 2. The van der Waals surface area contributed by atoms with E-state index in [-0.39, 0.29) is 41.4 Å². The molecule has 1 heterocycles. The van der Waals surface area contributed by atoms with Crippen LogP contribution in [0.25, 0.3) is 0 Å². The monoisotopic (exact) mass is 477 g/mol. The Labute approximate surface area is 195 Å². The van der Waals surface area contributed by atoms with Gasteiger partial charge >= 0.3 is 0 Å². The van der Waals surface area contributed by atoms with Crippen LogP contribution in [0.2, 0.25) is 0 Å². The third-order valence-electron chi connectivity index (χ3n) is 5.85. The van der Waals surface area contributed by atoms with Crippen LogP contribution < -0.4 is 14.8 Å². The quantitative estimate of drug-likeness (QED) is 0.580. The van der Waals surface area contributed by atoms with Crippen LogP contribution in [-0.2, 0) is 21.4 Å². The Balaban J connectivity index is 1.40. The van der Waals surface area contributed by atoms with Crippen molar-refractivity contribution >= 4 is 15.9 Å². The van der Waals surface area contributed by atoms with Crippen LogP contribution in [0, 0.1) is 19.7 Å². The highest BCUT2D eigenvalue weighted by molar-refractivity contribution is 7.89. The lowest BCUT2D eigenvalue weighted by molar-refractivity contribution is -0.121. The molecule has 0 spiro atoms. The number of halogens is 1. The minimum atomic E-state index is -3.66. The van der Waals surface area contributed by atoms with Gasteiger partial charge in [-0.1, -0.05) is 18.2 Å².